The van der Waals surface area contributed by atoms with Gasteiger partial charge in [0.1, 0.15) is 5.92 Å². The SMILES string of the molecule is COCC1C#C1. The van der Waals surface area contributed by atoms with Gasteiger partial charge >= 0.3 is 0 Å². The predicted octanol–water partition coefficient (Wildman–Crippen LogP) is 0.266. The van der Waals surface area contributed by atoms with Gasteiger partial charge in [-0.1, -0.05) is 11.8 Å². The van der Waals surface area contributed by atoms with E-state index in [1.54, 1.807) is 7.11 Å². The van der Waals surface area contributed by atoms with Crippen molar-refractivity contribution in [3.05, 3.63) is 0 Å². The molecule has 0 unspecified atom stereocenters. The molecule has 1 rings (SSSR count). The lowest BCUT2D eigenvalue weighted by Gasteiger charge is -1.86. The topological polar surface area (TPSA) is 9.23 Å². The van der Waals surface area contributed by atoms with E-state index in [2.05, 4.69) is 11.8 Å². The van der Waals surface area contributed by atoms with Crippen molar-refractivity contribution in [2.45, 2.75) is 0 Å². The van der Waals surface area contributed by atoms with Crippen molar-refractivity contribution in [3.63, 3.8) is 0 Å². The Hall–Kier alpha value is -0.480. The van der Waals surface area contributed by atoms with Crippen LogP contribution in [0.15, 0.2) is 0 Å². The van der Waals surface area contributed by atoms with Crippen LogP contribution in [0.25, 0.3) is 0 Å². The van der Waals surface area contributed by atoms with E-state index in [9.17, 15) is 0 Å². The number of rotatable bonds is 2. The van der Waals surface area contributed by atoms with Crippen molar-refractivity contribution >= 4 is 0 Å². The molecular weight excluding hydrogens is 76.1 g/mol. The second-order valence-corrected chi connectivity index (χ2v) is 1.30. The monoisotopic (exact) mass is 82.0 g/mol. The summed E-state index contributed by atoms with van der Waals surface area (Å²) >= 11 is 0. The molecule has 32 valence electrons. The van der Waals surface area contributed by atoms with Gasteiger partial charge < -0.3 is 4.74 Å². The van der Waals surface area contributed by atoms with Crippen molar-refractivity contribution < 1.29 is 4.74 Å². The molecule has 0 fully saturated rings. The highest BCUT2D eigenvalue weighted by Crippen LogP contribution is 2.02. The molecule has 0 amide bonds. The first-order chi connectivity index (χ1) is 2.93. The maximum absolute atomic E-state index is 4.74. The molecule has 6 heavy (non-hydrogen) atoms. The quantitative estimate of drug-likeness (QED) is 0.434. The zero-order chi connectivity index (χ0) is 4.41. The summed E-state index contributed by atoms with van der Waals surface area (Å²) in [6.45, 7) is 0.764. The molecule has 0 aromatic heterocycles. The first-order valence-electron chi connectivity index (χ1n) is 1.93. The predicted molar refractivity (Wildman–Crippen MR) is 23.1 cm³/mol. The van der Waals surface area contributed by atoms with Gasteiger partial charge in [-0.05, 0) is 0 Å². The number of hydrogen-bond acceptors (Lipinski definition) is 1. The summed E-state index contributed by atoms with van der Waals surface area (Å²) in [4.78, 5) is 0. The Morgan fingerprint density at radius 2 is 2.33 bits per heavy atom. The summed E-state index contributed by atoms with van der Waals surface area (Å²) in [5, 5.41) is 0. The fraction of sp³-hybridized carbons (Fsp3) is 0.600. The highest BCUT2D eigenvalue weighted by molar-refractivity contribution is 5.29. The molecule has 1 aliphatic rings. The maximum atomic E-state index is 4.74. The molecule has 0 radical (unpaired) electrons. The average molecular weight is 82.1 g/mol. The van der Waals surface area contributed by atoms with E-state index in [1.807, 2.05) is 0 Å². The van der Waals surface area contributed by atoms with Gasteiger partial charge in [-0.15, -0.1) is 0 Å². The Morgan fingerprint density at radius 3 is 2.50 bits per heavy atom. The summed E-state index contributed by atoms with van der Waals surface area (Å²) in [7, 11) is 1.68. The second-order valence-electron chi connectivity index (χ2n) is 1.30. The lowest BCUT2D eigenvalue weighted by Crippen LogP contribution is -1.91. The van der Waals surface area contributed by atoms with Gasteiger partial charge in [-0.2, -0.15) is 0 Å². The molecule has 0 saturated heterocycles. The Bertz CT molecular complexity index is 88.2. The van der Waals surface area contributed by atoms with Crippen molar-refractivity contribution in [1.29, 1.82) is 0 Å². The fourth-order valence-electron chi connectivity index (χ4n) is 0.309. The third kappa shape index (κ3) is 0.734. The Balaban J connectivity index is 1.91. The molecule has 0 bridgehead atoms. The van der Waals surface area contributed by atoms with Crippen molar-refractivity contribution in [2.24, 2.45) is 5.92 Å². The van der Waals surface area contributed by atoms with E-state index < -0.39 is 0 Å². The minimum Gasteiger partial charge on any atom is -0.382 e. The minimum atomic E-state index is 0.426. The lowest BCUT2D eigenvalue weighted by atomic mass is 10.4. The molecule has 0 N–H and O–H groups in total. The highest BCUT2D eigenvalue weighted by Gasteiger charge is 2.06. The van der Waals surface area contributed by atoms with Crippen LogP contribution in [0.3, 0.4) is 0 Å². The lowest BCUT2D eigenvalue weighted by molar-refractivity contribution is 0.194. The Morgan fingerprint density at radius 1 is 1.67 bits per heavy atom. The smallest absolute Gasteiger partial charge is 0.104 e. The first-order valence-corrected chi connectivity index (χ1v) is 1.93. The van der Waals surface area contributed by atoms with E-state index in [4.69, 9.17) is 4.74 Å². The number of hydrogen-bond donors (Lipinski definition) is 0. The van der Waals surface area contributed by atoms with Crippen molar-refractivity contribution in [3.8, 4) is 11.8 Å². The summed E-state index contributed by atoms with van der Waals surface area (Å²) < 4.78 is 4.74. The summed E-state index contributed by atoms with van der Waals surface area (Å²) in [6.07, 6.45) is 0. The van der Waals surface area contributed by atoms with Gasteiger partial charge in [0, 0.05) is 7.11 Å². The molecule has 0 atom stereocenters. The zero-order valence-electron chi connectivity index (χ0n) is 3.69. The normalized spacial score (nSPS) is 16.2. The molecule has 1 aliphatic carbocycles. The third-order valence-electron chi connectivity index (χ3n) is 0.682. The van der Waals surface area contributed by atoms with Crippen LogP contribution in [0, 0.1) is 17.8 Å². The van der Waals surface area contributed by atoms with E-state index >= 15 is 0 Å². The van der Waals surface area contributed by atoms with E-state index in [0.29, 0.717) is 5.92 Å². The minimum absolute atomic E-state index is 0.426. The van der Waals surface area contributed by atoms with Crippen LogP contribution in [-0.2, 0) is 4.74 Å². The van der Waals surface area contributed by atoms with Gasteiger partial charge in [0.05, 0.1) is 6.61 Å². The number of methoxy groups -OCH3 is 1. The molecule has 0 aromatic carbocycles. The van der Waals surface area contributed by atoms with Crippen LogP contribution >= 0.6 is 0 Å². The Labute approximate surface area is 37.3 Å². The van der Waals surface area contributed by atoms with E-state index in [-0.39, 0.29) is 0 Å². The molecule has 1 heteroatoms. The molecule has 0 aliphatic heterocycles. The van der Waals surface area contributed by atoms with Gasteiger partial charge in [0.25, 0.3) is 0 Å². The van der Waals surface area contributed by atoms with Gasteiger partial charge in [0.2, 0.25) is 0 Å². The molecule has 0 aromatic rings. The molecular formula is C5H6O. The van der Waals surface area contributed by atoms with Crippen LogP contribution in [0.5, 0.6) is 0 Å². The highest BCUT2D eigenvalue weighted by atomic mass is 16.5. The standard InChI is InChI=1S/C5H6O/c1-6-4-5-2-3-5/h5H,4H2,1H3. The van der Waals surface area contributed by atoms with E-state index in [1.165, 1.54) is 0 Å². The van der Waals surface area contributed by atoms with Crippen molar-refractivity contribution in [2.75, 3.05) is 13.7 Å². The Kier molecular flexibility index (Phi) is 0.813. The number of ether oxygens (including phenoxy) is 1. The van der Waals surface area contributed by atoms with Gasteiger partial charge in [0.15, 0.2) is 0 Å². The van der Waals surface area contributed by atoms with E-state index in [0.717, 1.165) is 6.61 Å². The van der Waals surface area contributed by atoms with Gasteiger partial charge in [-0.25, -0.2) is 0 Å². The summed E-state index contributed by atoms with van der Waals surface area (Å²) in [6, 6.07) is 0. The average Bonchev–Trinajstić information content (AvgIpc) is 2.21. The van der Waals surface area contributed by atoms with Crippen molar-refractivity contribution in [1.82, 2.24) is 0 Å². The zero-order valence-corrected chi connectivity index (χ0v) is 3.69. The van der Waals surface area contributed by atoms with Gasteiger partial charge in [-0.3, -0.25) is 0 Å². The maximum Gasteiger partial charge on any atom is 0.104 e. The largest absolute Gasteiger partial charge is 0.382 e. The van der Waals surface area contributed by atoms with Crippen LogP contribution in [-0.4, -0.2) is 13.7 Å². The summed E-state index contributed by atoms with van der Waals surface area (Å²) in [5.41, 5.74) is 0. The van der Waals surface area contributed by atoms with Crippen LogP contribution in [0.1, 0.15) is 0 Å². The molecule has 1 nitrogen and oxygen atoms in total. The first kappa shape index (κ1) is 3.70. The molecule has 0 spiro atoms. The van der Waals surface area contributed by atoms with Crippen LogP contribution < -0.4 is 0 Å². The molecule has 0 heterocycles. The second kappa shape index (κ2) is 1.32. The fourth-order valence-corrected chi connectivity index (χ4v) is 0.309. The van der Waals surface area contributed by atoms with Crippen LogP contribution in [0.4, 0.5) is 0 Å². The molecule has 0 saturated carbocycles. The summed E-state index contributed by atoms with van der Waals surface area (Å²) in [5.74, 6) is 6.15. The third-order valence-corrected chi connectivity index (χ3v) is 0.682. The van der Waals surface area contributed by atoms with Crippen LogP contribution in [0.2, 0.25) is 0 Å².